The first-order valence-corrected chi connectivity index (χ1v) is 10.1. The number of amidine groups is 1. The van der Waals surface area contributed by atoms with Gasteiger partial charge in [-0.15, -0.1) is 17.4 Å². The van der Waals surface area contributed by atoms with Crippen LogP contribution >= 0.6 is 0 Å². The summed E-state index contributed by atoms with van der Waals surface area (Å²) in [5.74, 6) is -0.170. The number of hydrazone groups is 1. The summed E-state index contributed by atoms with van der Waals surface area (Å²) in [5.41, 5.74) is 1.13. The summed E-state index contributed by atoms with van der Waals surface area (Å²) in [6.45, 7) is 0. The van der Waals surface area contributed by atoms with Crippen molar-refractivity contribution in [3.63, 3.8) is 0 Å². The van der Waals surface area contributed by atoms with Crippen LogP contribution in [0.2, 0.25) is 0 Å². The van der Waals surface area contributed by atoms with Crippen molar-refractivity contribution in [1.82, 2.24) is 0 Å². The van der Waals surface area contributed by atoms with Gasteiger partial charge in [0.1, 0.15) is 0 Å². The number of benzene rings is 1. The molecular formula is C22H27F3N2O3. The number of carboxylic acid groups (broad SMARTS) is 1. The lowest BCUT2D eigenvalue weighted by Crippen LogP contribution is -2.28. The summed E-state index contributed by atoms with van der Waals surface area (Å²) >= 11 is 0. The SMILES string of the molecule is C#CCCCCCCC[C@@H](C(=O)O)[C@H](O)CCc1ccc(N2N=C2C(F)(F)F)cc1. The number of aliphatic hydroxyl groups excluding tert-OH is 1. The molecule has 0 saturated heterocycles. The molecular weight excluding hydrogens is 397 g/mol. The maximum atomic E-state index is 12.5. The van der Waals surface area contributed by atoms with Gasteiger partial charge in [-0.25, -0.2) is 5.01 Å². The fourth-order valence-corrected chi connectivity index (χ4v) is 3.35. The minimum atomic E-state index is -4.46. The summed E-state index contributed by atoms with van der Waals surface area (Å²) in [5, 5.41) is 23.9. The average molecular weight is 424 g/mol. The van der Waals surface area contributed by atoms with Gasteiger partial charge in [-0.2, -0.15) is 13.2 Å². The molecule has 8 heteroatoms. The van der Waals surface area contributed by atoms with Crippen LogP contribution in [0, 0.1) is 18.3 Å². The average Bonchev–Trinajstić information content (AvgIpc) is 3.50. The van der Waals surface area contributed by atoms with Crippen LogP contribution in [-0.4, -0.2) is 34.3 Å². The molecule has 0 aliphatic carbocycles. The highest BCUT2D eigenvalue weighted by Crippen LogP contribution is 2.33. The van der Waals surface area contributed by atoms with Crippen LogP contribution in [0.5, 0.6) is 0 Å². The summed E-state index contributed by atoms with van der Waals surface area (Å²) in [6.07, 6.45) is 6.26. The Labute approximate surface area is 174 Å². The number of rotatable bonds is 13. The molecule has 5 nitrogen and oxygen atoms in total. The van der Waals surface area contributed by atoms with Crippen LogP contribution in [0.1, 0.15) is 56.9 Å². The largest absolute Gasteiger partial charge is 0.481 e. The second kappa shape index (κ2) is 11.0. The van der Waals surface area contributed by atoms with E-state index in [1.54, 1.807) is 12.1 Å². The van der Waals surface area contributed by atoms with Crippen LogP contribution < -0.4 is 5.01 Å². The van der Waals surface area contributed by atoms with Gasteiger partial charge in [0, 0.05) is 6.42 Å². The number of halogens is 3. The highest BCUT2D eigenvalue weighted by atomic mass is 19.4. The lowest BCUT2D eigenvalue weighted by atomic mass is 9.91. The number of aliphatic hydroxyl groups is 1. The van der Waals surface area contributed by atoms with Gasteiger partial charge in [-0.05, 0) is 43.4 Å². The molecule has 1 aromatic carbocycles. The molecule has 0 fully saturated rings. The number of anilines is 1. The normalized spacial score (nSPS) is 15.3. The van der Waals surface area contributed by atoms with E-state index in [0.29, 0.717) is 18.5 Å². The summed E-state index contributed by atoms with van der Waals surface area (Å²) in [7, 11) is 0. The second-order valence-electron chi connectivity index (χ2n) is 7.46. The molecule has 0 saturated carbocycles. The molecule has 1 aromatic rings. The third-order valence-electron chi connectivity index (χ3n) is 5.14. The van der Waals surface area contributed by atoms with Crippen LogP contribution in [0.4, 0.5) is 18.9 Å². The van der Waals surface area contributed by atoms with Crippen LogP contribution in [0.25, 0.3) is 0 Å². The fraction of sp³-hybridized carbons (Fsp3) is 0.545. The molecule has 164 valence electrons. The number of aryl methyl sites for hydroxylation is 1. The lowest BCUT2D eigenvalue weighted by molar-refractivity contribution is -0.146. The quantitative estimate of drug-likeness (QED) is 0.354. The standard InChI is InChI=1S/C22H27F3N2O3/c1-2-3-4-5-6-7-8-9-18(20(29)30)19(28)15-12-16-10-13-17(14-11-16)27-21(26-27)22(23,24)25/h1,10-11,13-14,18-19,28H,3-9,12,15H2,(H,29,30)/t18-,19-,27?/m1/s1. The predicted molar refractivity (Wildman–Crippen MR) is 109 cm³/mol. The van der Waals surface area contributed by atoms with E-state index in [4.69, 9.17) is 6.42 Å². The molecule has 1 aliphatic heterocycles. The van der Waals surface area contributed by atoms with Gasteiger partial charge in [0.2, 0.25) is 0 Å². The number of hydrogen-bond donors (Lipinski definition) is 2. The Kier molecular flexibility index (Phi) is 8.72. The zero-order chi connectivity index (χ0) is 22.1. The first-order chi connectivity index (χ1) is 14.2. The maximum absolute atomic E-state index is 12.5. The van der Waals surface area contributed by atoms with Gasteiger partial charge < -0.3 is 10.2 Å². The van der Waals surface area contributed by atoms with Crippen molar-refractivity contribution in [3.05, 3.63) is 29.8 Å². The van der Waals surface area contributed by atoms with E-state index in [0.717, 1.165) is 49.1 Å². The number of carboxylic acids is 1. The monoisotopic (exact) mass is 424 g/mol. The Balaban J connectivity index is 1.74. The molecule has 0 radical (unpaired) electrons. The highest BCUT2D eigenvalue weighted by molar-refractivity contribution is 6.11. The molecule has 0 unspecified atom stereocenters. The van der Waals surface area contributed by atoms with Crippen molar-refractivity contribution in [3.8, 4) is 12.3 Å². The Bertz CT molecular complexity index is 769. The molecule has 0 aromatic heterocycles. The first-order valence-electron chi connectivity index (χ1n) is 10.1. The fourth-order valence-electron chi connectivity index (χ4n) is 3.35. The van der Waals surface area contributed by atoms with Crippen molar-refractivity contribution in [2.45, 2.75) is 70.1 Å². The van der Waals surface area contributed by atoms with E-state index in [2.05, 4.69) is 11.0 Å². The third kappa shape index (κ3) is 7.38. The molecule has 1 heterocycles. The molecule has 0 amide bonds. The van der Waals surface area contributed by atoms with Crippen molar-refractivity contribution >= 4 is 17.5 Å². The number of unbranched alkanes of at least 4 members (excludes halogenated alkanes) is 5. The van der Waals surface area contributed by atoms with E-state index in [-0.39, 0.29) is 6.42 Å². The third-order valence-corrected chi connectivity index (χ3v) is 5.14. The number of carbonyl (C=O) groups is 1. The molecule has 2 rings (SSSR count). The molecule has 0 spiro atoms. The Morgan fingerprint density at radius 2 is 1.73 bits per heavy atom. The Morgan fingerprint density at radius 3 is 2.30 bits per heavy atom. The molecule has 30 heavy (non-hydrogen) atoms. The Hall–Kier alpha value is -2.53. The van der Waals surface area contributed by atoms with E-state index < -0.39 is 30.0 Å². The van der Waals surface area contributed by atoms with Crippen molar-refractivity contribution in [2.75, 3.05) is 5.01 Å². The van der Waals surface area contributed by atoms with Crippen molar-refractivity contribution in [1.29, 1.82) is 0 Å². The summed E-state index contributed by atoms with van der Waals surface area (Å²) < 4.78 is 37.6. The number of terminal acetylenes is 1. The zero-order valence-corrected chi connectivity index (χ0v) is 16.7. The molecule has 2 N–H and O–H groups in total. The Morgan fingerprint density at radius 1 is 1.10 bits per heavy atom. The zero-order valence-electron chi connectivity index (χ0n) is 16.7. The van der Waals surface area contributed by atoms with E-state index in [1.165, 1.54) is 12.1 Å². The minimum Gasteiger partial charge on any atom is -0.481 e. The summed E-state index contributed by atoms with van der Waals surface area (Å²) in [4.78, 5) is 11.5. The van der Waals surface area contributed by atoms with E-state index >= 15 is 0 Å². The first kappa shape index (κ1) is 23.7. The van der Waals surface area contributed by atoms with Gasteiger partial charge >= 0.3 is 12.1 Å². The smallest absolute Gasteiger partial charge is 0.453 e. The molecule has 0 bridgehead atoms. The van der Waals surface area contributed by atoms with Crippen LogP contribution in [-0.2, 0) is 11.2 Å². The topological polar surface area (TPSA) is 72.9 Å². The molecule has 2 atom stereocenters. The number of hydrogen-bond acceptors (Lipinski definition) is 4. The van der Waals surface area contributed by atoms with Gasteiger partial charge in [-0.3, -0.25) is 4.79 Å². The lowest BCUT2D eigenvalue weighted by Gasteiger charge is -2.19. The molecule has 1 aliphatic rings. The predicted octanol–water partition coefficient (Wildman–Crippen LogP) is 4.74. The number of nitrogens with zero attached hydrogens (tertiary/aromatic N) is 2. The minimum absolute atomic E-state index is 0.270. The number of alkyl halides is 3. The van der Waals surface area contributed by atoms with Crippen LogP contribution in [0.15, 0.2) is 29.4 Å². The van der Waals surface area contributed by atoms with Gasteiger partial charge in [0.05, 0.1) is 17.7 Å². The summed E-state index contributed by atoms with van der Waals surface area (Å²) in [6, 6.07) is 6.38. The van der Waals surface area contributed by atoms with Gasteiger partial charge in [0.25, 0.3) is 5.84 Å². The number of aliphatic carboxylic acids is 1. The van der Waals surface area contributed by atoms with Gasteiger partial charge in [0.15, 0.2) is 0 Å². The van der Waals surface area contributed by atoms with Gasteiger partial charge in [-0.1, -0.05) is 37.8 Å². The van der Waals surface area contributed by atoms with E-state index in [9.17, 15) is 28.2 Å². The van der Waals surface area contributed by atoms with Crippen molar-refractivity contribution in [2.24, 2.45) is 11.0 Å². The van der Waals surface area contributed by atoms with E-state index in [1.807, 2.05) is 0 Å². The van der Waals surface area contributed by atoms with Crippen molar-refractivity contribution < 1.29 is 28.2 Å². The highest BCUT2D eigenvalue weighted by Gasteiger charge is 2.49. The maximum Gasteiger partial charge on any atom is 0.453 e. The second-order valence-corrected chi connectivity index (χ2v) is 7.46. The van der Waals surface area contributed by atoms with Crippen LogP contribution in [0.3, 0.4) is 0 Å².